The van der Waals surface area contributed by atoms with Gasteiger partial charge in [-0.25, -0.2) is 4.99 Å². The SMILES string of the molecule is COc1cc(/C=C2/SC(=Nc3ccccc3)N([C@H](C)c3ccccc3)C2=O)ccc1OCc1ccc(Cl)cc1. The molecule has 0 N–H and O–H groups in total. The van der Waals surface area contributed by atoms with Gasteiger partial charge in [0.1, 0.15) is 6.61 Å². The normalized spacial score (nSPS) is 16.1. The third-order valence-corrected chi connectivity index (χ3v) is 7.52. The predicted octanol–water partition coefficient (Wildman–Crippen LogP) is 8.29. The number of aliphatic imine (C=N–C) groups is 1. The van der Waals surface area contributed by atoms with Crippen LogP contribution in [0.25, 0.3) is 6.08 Å². The van der Waals surface area contributed by atoms with Gasteiger partial charge in [0.15, 0.2) is 16.7 Å². The maximum atomic E-state index is 13.7. The second-order valence-electron chi connectivity index (χ2n) is 8.93. The third kappa shape index (κ3) is 6.36. The molecule has 1 heterocycles. The van der Waals surface area contributed by atoms with Crippen LogP contribution >= 0.6 is 23.4 Å². The minimum absolute atomic E-state index is 0.0898. The van der Waals surface area contributed by atoms with E-state index in [2.05, 4.69) is 0 Å². The lowest BCUT2D eigenvalue weighted by Gasteiger charge is -2.24. The standard InChI is InChI=1S/C32H27ClN2O3S/c1-22(25-9-5-3-6-10-25)35-31(36)30(39-32(35)34-27-11-7-4-8-12-27)20-24-15-18-28(29(19-24)37-2)38-21-23-13-16-26(33)17-14-23/h3-20,22H,21H2,1-2H3/b30-20+,34-32?/t22-/m1/s1. The minimum atomic E-state index is -0.183. The van der Waals surface area contributed by atoms with E-state index in [9.17, 15) is 4.79 Å². The van der Waals surface area contributed by atoms with Gasteiger partial charge < -0.3 is 9.47 Å². The van der Waals surface area contributed by atoms with Crippen LogP contribution in [-0.4, -0.2) is 23.1 Å². The molecule has 1 amide bonds. The van der Waals surface area contributed by atoms with E-state index in [1.54, 1.807) is 12.0 Å². The first-order valence-electron chi connectivity index (χ1n) is 12.5. The Morgan fingerprint density at radius 2 is 1.62 bits per heavy atom. The van der Waals surface area contributed by atoms with Crippen LogP contribution in [-0.2, 0) is 11.4 Å². The smallest absolute Gasteiger partial charge is 0.267 e. The van der Waals surface area contributed by atoms with E-state index in [-0.39, 0.29) is 11.9 Å². The van der Waals surface area contributed by atoms with E-state index in [4.69, 9.17) is 26.1 Å². The molecule has 7 heteroatoms. The number of thioether (sulfide) groups is 1. The summed E-state index contributed by atoms with van der Waals surface area (Å²) in [6.07, 6.45) is 1.87. The van der Waals surface area contributed by atoms with E-state index >= 15 is 0 Å². The summed E-state index contributed by atoms with van der Waals surface area (Å²) < 4.78 is 11.6. The lowest BCUT2D eigenvalue weighted by atomic mass is 10.1. The monoisotopic (exact) mass is 554 g/mol. The van der Waals surface area contributed by atoms with Gasteiger partial charge in [0.25, 0.3) is 5.91 Å². The topological polar surface area (TPSA) is 51.1 Å². The van der Waals surface area contributed by atoms with E-state index in [0.29, 0.717) is 33.2 Å². The second-order valence-corrected chi connectivity index (χ2v) is 10.4. The molecule has 0 aromatic heterocycles. The number of amides is 1. The Kier molecular flexibility index (Phi) is 8.35. The van der Waals surface area contributed by atoms with Crippen LogP contribution in [0, 0.1) is 0 Å². The molecule has 0 aliphatic carbocycles. The zero-order valence-corrected chi connectivity index (χ0v) is 23.2. The number of rotatable bonds is 8. The number of nitrogens with zero attached hydrogens (tertiary/aromatic N) is 2. The van der Waals surface area contributed by atoms with Crippen molar-refractivity contribution in [3.63, 3.8) is 0 Å². The molecule has 0 spiro atoms. The summed E-state index contributed by atoms with van der Waals surface area (Å²) in [5.41, 5.74) is 3.66. The Balaban J connectivity index is 1.42. The highest BCUT2D eigenvalue weighted by Crippen LogP contribution is 2.40. The zero-order chi connectivity index (χ0) is 27.2. The molecule has 5 rings (SSSR count). The molecule has 0 radical (unpaired) electrons. The van der Waals surface area contributed by atoms with Crippen molar-refractivity contribution < 1.29 is 14.3 Å². The van der Waals surface area contributed by atoms with Crippen LogP contribution in [0.4, 0.5) is 5.69 Å². The fourth-order valence-corrected chi connectivity index (χ4v) is 5.38. The summed E-state index contributed by atoms with van der Waals surface area (Å²) in [5, 5.41) is 1.32. The minimum Gasteiger partial charge on any atom is -0.493 e. The number of methoxy groups -OCH3 is 1. The molecule has 39 heavy (non-hydrogen) atoms. The zero-order valence-electron chi connectivity index (χ0n) is 21.6. The molecular weight excluding hydrogens is 528 g/mol. The number of ether oxygens (including phenoxy) is 2. The summed E-state index contributed by atoms with van der Waals surface area (Å²) in [5.74, 6) is 1.11. The summed E-state index contributed by atoms with van der Waals surface area (Å²) in [6.45, 7) is 2.40. The van der Waals surface area contributed by atoms with Gasteiger partial charge in [-0.2, -0.15) is 0 Å². The molecule has 1 atom stereocenters. The lowest BCUT2D eigenvalue weighted by Crippen LogP contribution is -2.32. The van der Waals surface area contributed by atoms with Crippen molar-refractivity contribution in [2.24, 2.45) is 4.99 Å². The van der Waals surface area contributed by atoms with Gasteiger partial charge in [-0.05, 0) is 77.9 Å². The Bertz CT molecular complexity index is 1510. The largest absolute Gasteiger partial charge is 0.493 e. The second kappa shape index (κ2) is 12.2. The number of hydrogen-bond acceptors (Lipinski definition) is 5. The number of carbonyl (C=O) groups is 1. The van der Waals surface area contributed by atoms with E-state index in [1.807, 2.05) is 116 Å². The van der Waals surface area contributed by atoms with Crippen molar-refractivity contribution in [1.82, 2.24) is 4.90 Å². The number of halogens is 1. The van der Waals surface area contributed by atoms with Gasteiger partial charge in [0.2, 0.25) is 0 Å². The van der Waals surface area contributed by atoms with Crippen molar-refractivity contribution >= 4 is 46.2 Å². The highest BCUT2D eigenvalue weighted by molar-refractivity contribution is 8.18. The molecule has 196 valence electrons. The molecule has 0 unspecified atom stereocenters. The maximum absolute atomic E-state index is 13.7. The summed E-state index contributed by atoms with van der Waals surface area (Å²) in [4.78, 5) is 20.9. The molecule has 4 aromatic carbocycles. The van der Waals surface area contributed by atoms with Crippen molar-refractivity contribution in [2.75, 3.05) is 7.11 Å². The summed E-state index contributed by atoms with van der Waals surface area (Å²) in [7, 11) is 1.60. The lowest BCUT2D eigenvalue weighted by molar-refractivity contribution is -0.123. The fourth-order valence-electron chi connectivity index (χ4n) is 4.19. The van der Waals surface area contributed by atoms with Crippen LogP contribution in [0.15, 0.2) is 113 Å². The van der Waals surface area contributed by atoms with E-state index < -0.39 is 0 Å². The fraction of sp³-hybridized carbons (Fsp3) is 0.125. The van der Waals surface area contributed by atoms with Crippen LogP contribution in [0.2, 0.25) is 5.02 Å². The molecule has 1 aliphatic rings. The van der Waals surface area contributed by atoms with Crippen LogP contribution in [0.3, 0.4) is 0 Å². The predicted molar refractivity (Wildman–Crippen MR) is 160 cm³/mol. The number of para-hydroxylation sites is 1. The molecule has 1 fully saturated rings. The van der Waals surface area contributed by atoms with Crippen molar-refractivity contribution in [3.8, 4) is 11.5 Å². The number of amidine groups is 1. The average Bonchev–Trinajstić information content (AvgIpc) is 3.27. The Morgan fingerprint density at radius 1 is 0.923 bits per heavy atom. The Morgan fingerprint density at radius 3 is 2.31 bits per heavy atom. The van der Waals surface area contributed by atoms with Gasteiger partial charge in [0, 0.05) is 5.02 Å². The molecule has 4 aromatic rings. The number of carbonyl (C=O) groups excluding carboxylic acids is 1. The number of benzene rings is 4. The average molecular weight is 555 g/mol. The molecule has 5 nitrogen and oxygen atoms in total. The van der Waals surface area contributed by atoms with Crippen molar-refractivity contribution in [2.45, 2.75) is 19.6 Å². The first-order valence-corrected chi connectivity index (χ1v) is 13.7. The summed E-state index contributed by atoms with van der Waals surface area (Å²) >= 11 is 7.35. The van der Waals surface area contributed by atoms with Crippen LogP contribution in [0.1, 0.15) is 29.7 Å². The highest BCUT2D eigenvalue weighted by Gasteiger charge is 2.37. The van der Waals surface area contributed by atoms with Gasteiger partial charge in [-0.3, -0.25) is 9.69 Å². The van der Waals surface area contributed by atoms with Crippen molar-refractivity contribution in [3.05, 3.63) is 130 Å². The molecule has 1 aliphatic heterocycles. The van der Waals surface area contributed by atoms with Gasteiger partial charge >= 0.3 is 0 Å². The van der Waals surface area contributed by atoms with Gasteiger partial charge in [-0.1, -0.05) is 78.3 Å². The molecule has 1 saturated heterocycles. The van der Waals surface area contributed by atoms with Crippen molar-refractivity contribution in [1.29, 1.82) is 0 Å². The quantitative estimate of drug-likeness (QED) is 0.206. The maximum Gasteiger partial charge on any atom is 0.267 e. The van der Waals surface area contributed by atoms with Crippen LogP contribution < -0.4 is 9.47 Å². The van der Waals surface area contributed by atoms with Gasteiger partial charge in [0.05, 0.1) is 23.7 Å². The third-order valence-electron chi connectivity index (χ3n) is 6.28. The van der Waals surface area contributed by atoms with E-state index in [0.717, 1.165) is 22.4 Å². The first-order chi connectivity index (χ1) is 19.0. The highest BCUT2D eigenvalue weighted by atomic mass is 35.5. The first kappa shape index (κ1) is 26.6. The molecule has 0 saturated carbocycles. The van der Waals surface area contributed by atoms with Crippen LogP contribution in [0.5, 0.6) is 11.5 Å². The summed E-state index contributed by atoms with van der Waals surface area (Å²) in [6, 6.07) is 32.6. The van der Waals surface area contributed by atoms with Gasteiger partial charge in [-0.15, -0.1) is 0 Å². The Labute approximate surface area is 237 Å². The Hall–Kier alpha value is -4.00. The molecule has 0 bridgehead atoms. The van der Waals surface area contributed by atoms with E-state index in [1.165, 1.54) is 11.8 Å². The number of hydrogen-bond donors (Lipinski definition) is 0. The molecular formula is C32H27ClN2O3S.